The highest BCUT2D eigenvalue weighted by molar-refractivity contribution is 4.68. The molecule has 0 saturated carbocycles. The van der Waals surface area contributed by atoms with E-state index in [1.54, 1.807) is 0 Å². The van der Waals surface area contributed by atoms with Gasteiger partial charge < -0.3 is 14.4 Å². The summed E-state index contributed by atoms with van der Waals surface area (Å²) in [6.45, 7) is 9.62. The quantitative estimate of drug-likeness (QED) is 0.455. The van der Waals surface area contributed by atoms with Crippen LogP contribution in [0.3, 0.4) is 0 Å². The van der Waals surface area contributed by atoms with E-state index in [4.69, 9.17) is 9.47 Å². The largest absolute Gasteiger partial charge is 0.356 e. The number of likely N-dealkylation sites (N-methyl/N-ethyl adjacent to an activating group) is 1. The van der Waals surface area contributed by atoms with Gasteiger partial charge in [0.1, 0.15) is 6.79 Å². The summed E-state index contributed by atoms with van der Waals surface area (Å²) in [5, 5.41) is 0. The maximum atomic E-state index is 5.33. The molecule has 0 aromatic heterocycles. The van der Waals surface area contributed by atoms with Gasteiger partial charge in [0.05, 0.1) is 6.61 Å². The Morgan fingerprint density at radius 1 is 1.07 bits per heavy atom. The Labute approximate surface area is 86.8 Å². The minimum absolute atomic E-state index is 0.435. The van der Waals surface area contributed by atoms with E-state index in [9.17, 15) is 0 Å². The molecule has 0 bridgehead atoms. The Hall–Kier alpha value is -0.160. The highest BCUT2D eigenvalue weighted by Gasteiger charge is 2.12. The fourth-order valence-corrected chi connectivity index (χ4v) is 1.47. The first-order valence-electron chi connectivity index (χ1n) is 5.39. The van der Waals surface area contributed by atoms with Crippen molar-refractivity contribution < 1.29 is 9.47 Å². The first kappa shape index (κ1) is 11.9. The van der Waals surface area contributed by atoms with Crippen LogP contribution in [0.4, 0.5) is 0 Å². The lowest BCUT2D eigenvalue weighted by atomic mass is 10.3. The van der Waals surface area contributed by atoms with Crippen molar-refractivity contribution in [2.24, 2.45) is 0 Å². The molecule has 1 fully saturated rings. The molecule has 14 heavy (non-hydrogen) atoms. The van der Waals surface area contributed by atoms with Gasteiger partial charge in [-0.2, -0.15) is 0 Å². The van der Waals surface area contributed by atoms with Gasteiger partial charge >= 0.3 is 0 Å². The molecular formula is C10H22N2O2. The topological polar surface area (TPSA) is 24.9 Å². The van der Waals surface area contributed by atoms with Gasteiger partial charge in [0.25, 0.3) is 0 Å². The van der Waals surface area contributed by atoms with Crippen molar-refractivity contribution in [1.29, 1.82) is 0 Å². The SMILES string of the molecule is CCOCOCCN1CCN(C)CC1. The van der Waals surface area contributed by atoms with Crippen LogP contribution in [0.2, 0.25) is 0 Å². The first-order valence-corrected chi connectivity index (χ1v) is 5.39. The van der Waals surface area contributed by atoms with Gasteiger partial charge in [0.15, 0.2) is 0 Å². The lowest BCUT2D eigenvalue weighted by Gasteiger charge is -2.32. The summed E-state index contributed by atoms with van der Waals surface area (Å²) in [5.41, 5.74) is 0. The Kier molecular flexibility index (Phi) is 6.10. The van der Waals surface area contributed by atoms with Gasteiger partial charge in [-0.05, 0) is 14.0 Å². The number of rotatable bonds is 6. The Morgan fingerprint density at radius 3 is 2.43 bits per heavy atom. The number of piperazine rings is 1. The van der Waals surface area contributed by atoms with Crippen molar-refractivity contribution in [3.63, 3.8) is 0 Å². The van der Waals surface area contributed by atoms with Crippen molar-refractivity contribution in [3.8, 4) is 0 Å². The molecule has 0 atom stereocenters. The van der Waals surface area contributed by atoms with Gasteiger partial charge in [-0.25, -0.2) is 0 Å². The Morgan fingerprint density at radius 2 is 1.79 bits per heavy atom. The maximum absolute atomic E-state index is 5.33. The van der Waals surface area contributed by atoms with E-state index in [1.165, 1.54) is 13.1 Å². The molecule has 0 N–H and O–H groups in total. The van der Waals surface area contributed by atoms with Crippen molar-refractivity contribution in [3.05, 3.63) is 0 Å². The molecule has 1 rings (SSSR count). The van der Waals surface area contributed by atoms with Gasteiger partial charge in [-0.1, -0.05) is 0 Å². The number of hydrogen-bond acceptors (Lipinski definition) is 4. The van der Waals surface area contributed by atoms with Crippen molar-refractivity contribution in [1.82, 2.24) is 9.80 Å². The molecule has 0 aliphatic carbocycles. The van der Waals surface area contributed by atoms with E-state index in [2.05, 4.69) is 16.8 Å². The molecule has 1 saturated heterocycles. The lowest BCUT2D eigenvalue weighted by Crippen LogP contribution is -2.45. The zero-order valence-electron chi connectivity index (χ0n) is 9.37. The zero-order valence-corrected chi connectivity index (χ0v) is 9.37. The molecule has 0 unspecified atom stereocenters. The Bertz CT molecular complexity index is 136. The maximum Gasteiger partial charge on any atom is 0.146 e. The molecular weight excluding hydrogens is 180 g/mol. The standard InChI is InChI=1S/C10H22N2O2/c1-3-13-10-14-9-8-12-6-4-11(2)5-7-12/h3-10H2,1-2H3. The molecule has 1 heterocycles. The monoisotopic (exact) mass is 202 g/mol. The normalized spacial score (nSPS) is 20.1. The van der Waals surface area contributed by atoms with Gasteiger partial charge in [0.2, 0.25) is 0 Å². The zero-order chi connectivity index (χ0) is 10.2. The molecule has 0 aromatic rings. The van der Waals surface area contributed by atoms with Gasteiger partial charge in [-0.15, -0.1) is 0 Å². The Balaban J connectivity index is 1.91. The second kappa shape index (κ2) is 7.17. The predicted octanol–water partition coefficient (Wildman–Crippen LogP) is 0.244. The van der Waals surface area contributed by atoms with Gasteiger partial charge in [0, 0.05) is 39.3 Å². The summed E-state index contributed by atoms with van der Waals surface area (Å²) in [6, 6.07) is 0. The van der Waals surface area contributed by atoms with Crippen molar-refractivity contribution in [2.75, 3.05) is 59.8 Å². The summed E-state index contributed by atoms with van der Waals surface area (Å²) in [7, 11) is 2.17. The number of hydrogen-bond donors (Lipinski definition) is 0. The van der Waals surface area contributed by atoms with Crippen LogP contribution in [0.5, 0.6) is 0 Å². The van der Waals surface area contributed by atoms with Crippen molar-refractivity contribution >= 4 is 0 Å². The highest BCUT2D eigenvalue weighted by atomic mass is 16.7. The molecule has 1 aliphatic rings. The van der Waals surface area contributed by atoms with Crippen LogP contribution < -0.4 is 0 Å². The van der Waals surface area contributed by atoms with E-state index in [0.29, 0.717) is 6.79 Å². The van der Waals surface area contributed by atoms with Crippen LogP contribution in [-0.4, -0.2) is 69.6 Å². The van der Waals surface area contributed by atoms with E-state index in [1.807, 2.05) is 6.92 Å². The van der Waals surface area contributed by atoms with E-state index in [0.717, 1.165) is 32.8 Å². The minimum Gasteiger partial charge on any atom is -0.356 e. The van der Waals surface area contributed by atoms with Crippen LogP contribution in [0.1, 0.15) is 6.92 Å². The first-order chi connectivity index (χ1) is 6.83. The number of nitrogens with zero attached hydrogens (tertiary/aromatic N) is 2. The molecule has 0 radical (unpaired) electrons. The fourth-order valence-electron chi connectivity index (χ4n) is 1.47. The second-order valence-corrected chi connectivity index (χ2v) is 3.66. The summed E-state index contributed by atoms with van der Waals surface area (Å²) in [4.78, 5) is 4.80. The highest BCUT2D eigenvalue weighted by Crippen LogP contribution is 1.98. The smallest absolute Gasteiger partial charge is 0.146 e. The second-order valence-electron chi connectivity index (χ2n) is 3.66. The minimum atomic E-state index is 0.435. The molecule has 0 spiro atoms. The lowest BCUT2D eigenvalue weighted by molar-refractivity contribution is -0.0557. The van der Waals surface area contributed by atoms with Crippen LogP contribution in [-0.2, 0) is 9.47 Å². The summed E-state index contributed by atoms with van der Waals surface area (Å²) in [6.07, 6.45) is 0. The number of ether oxygens (including phenoxy) is 2. The van der Waals surface area contributed by atoms with Crippen LogP contribution in [0, 0.1) is 0 Å². The van der Waals surface area contributed by atoms with Gasteiger partial charge in [-0.3, -0.25) is 4.90 Å². The average molecular weight is 202 g/mol. The third-order valence-corrected chi connectivity index (χ3v) is 2.52. The molecule has 84 valence electrons. The molecule has 1 aliphatic heterocycles. The van der Waals surface area contributed by atoms with E-state index in [-0.39, 0.29) is 0 Å². The summed E-state index contributed by atoms with van der Waals surface area (Å²) >= 11 is 0. The third-order valence-electron chi connectivity index (χ3n) is 2.52. The van der Waals surface area contributed by atoms with E-state index < -0.39 is 0 Å². The fraction of sp³-hybridized carbons (Fsp3) is 1.00. The summed E-state index contributed by atoms with van der Waals surface area (Å²) in [5.74, 6) is 0. The molecule has 0 aromatic carbocycles. The average Bonchev–Trinajstić information content (AvgIpc) is 2.21. The van der Waals surface area contributed by atoms with E-state index >= 15 is 0 Å². The molecule has 4 heteroatoms. The third kappa shape index (κ3) is 4.91. The van der Waals surface area contributed by atoms with Crippen LogP contribution >= 0.6 is 0 Å². The van der Waals surface area contributed by atoms with Crippen LogP contribution in [0.15, 0.2) is 0 Å². The van der Waals surface area contributed by atoms with Crippen LogP contribution in [0.25, 0.3) is 0 Å². The predicted molar refractivity (Wildman–Crippen MR) is 56.4 cm³/mol. The summed E-state index contributed by atoms with van der Waals surface area (Å²) < 4.78 is 10.4. The van der Waals surface area contributed by atoms with Crippen molar-refractivity contribution in [2.45, 2.75) is 6.92 Å². The molecule has 0 amide bonds. The molecule has 4 nitrogen and oxygen atoms in total.